The summed E-state index contributed by atoms with van der Waals surface area (Å²) in [5.74, 6) is -0.920. The van der Waals surface area contributed by atoms with Crippen LogP contribution in [0.5, 0.6) is 0 Å². The second-order valence-electron chi connectivity index (χ2n) is 4.61. The molecular weight excluding hydrogens is 340 g/mol. The predicted molar refractivity (Wildman–Crippen MR) is 76.9 cm³/mol. The van der Waals surface area contributed by atoms with Gasteiger partial charge in [0, 0.05) is 20.2 Å². The summed E-state index contributed by atoms with van der Waals surface area (Å²) in [6.45, 7) is 0. The van der Waals surface area contributed by atoms with Gasteiger partial charge in [-0.25, -0.2) is 8.96 Å². The first-order valence-corrected chi connectivity index (χ1v) is 6.53. The van der Waals surface area contributed by atoms with Gasteiger partial charge in [0.05, 0.1) is 16.4 Å². The van der Waals surface area contributed by atoms with Gasteiger partial charge in [-0.1, -0.05) is 11.6 Å². The van der Waals surface area contributed by atoms with E-state index in [4.69, 9.17) is 17.3 Å². The molecule has 0 saturated carbocycles. The predicted octanol–water partition coefficient (Wildman–Crippen LogP) is 2.10. The van der Waals surface area contributed by atoms with Gasteiger partial charge in [0.1, 0.15) is 11.5 Å². The molecule has 23 heavy (non-hydrogen) atoms. The van der Waals surface area contributed by atoms with Crippen molar-refractivity contribution in [1.82, 2.24) is 9.13 Å². The highest BCUT2D eigenvalue weighted by Crippen LogP contribution is 2.27. The van der Waals surface area contributed by atoms with Crippen molar-refractivity contribution in [2.75, 3.05) is 12.8 Å². The highest BCUT2D eigenvalue weighted by Gasteiger charge is 2.34. The lowest BCUT2D eigenvalue weighted by molar-refractivity contribution is -0.144. The van der Waals surface area contributed by atoms with Crippen LogP contribution in [0.25, 0.3) is 5.69 Å². The first kappa shape index (κ1) is 17.1. The highest BCUT2D eigenvalue weighted by molar-refractivity contribution is 6.33. The molecule has 1 heterocycles. The van der Waals surface area contributed by atoms with Crippen molar-refractivity contribution >= 4 is 17.3 Å². The van der Waals surface area contributed by atoms with Crippen molar-refractivity contribution in [3.8, 4) is 5.69 Å². The molecule has 2 rings (SSSR count). The molecule has 10 heteroatoms. The van der Waals surface area contributed by atoms with Gasteiger partial charge in [0.25, 0.3) is 5.56 Å². The summed E-state index contributed by atoms with van der Waals surface area (Å²) in [6.07, 6.45) is -4.76. The number of hydrogen-bond acceptors (Lipinski definition) is 3. The van der Waals surface area contributed by atoms with E-state index in [-0.39, 0.29) is 16.4 Å². The van der Waals surface area contributed by atoms with Gasteiger partial charge in [-0.2, -0.15) is 13.2 Å². The fraction of sp³-hybridized carbons (Fsp3) is 0.231. The summed E-state index contributed by atoms with van der Waals surface area (Å²) >= 11 is 5.67. The van der Waals surface area contributed by atoms with Crippen LogP contribution < -0.4 is 16.9 Å². The summed E-state index contributed by atoms with van der Waals surface area (Å²) in [4.78, 5) is 15.8. The molecule has 1 aromatic heterocycles. The molecule has 0 aliphatic carbocycles. The lowest BCUT2D eigenvalue weighted by atomic mass is 10.2. The van der Waals surface area contributed by atoms with E-state index in [1.807, 2.05) is 0 Å². The van der Waals surface area contributed by atoms with Gasteiger partial charge in [-0.3, -0.25) is 9.79 Å². The fourth-order valence-electron chi connectivity index (χ4n) is 2.11. The van der Waals surface area contributed by atoms with E-state index in [2.05, 4.69) is 4.99 Å². The summed E-state index contributed by atoms with van der Waals surface area (Å²) < 4.78 is 54.3. The zero-order valence-electron chi connectivity index (χ0n) is 11.9. The third-order valence-corrected chi connectivity index (χ3v) is 3.47. The maximum Gasteiger partial charge on any atom is 0.431 e. The van der Waals surface area contributed by atoms with Crippen molar-refractivity contribution in [1.29, 1.82) is 0 Å². The monoisotopic (exact) mass is 350 g/mol. The second-order valence-corrected chi connectivity index (χ2v) is 5.02. The molecule has 0 aliphatic rings. The number of rotatable bonds is 1. The van der Waals surface area contributed by atoms with E-state index in [0.29, 0.717) is 15.2 Å². The highest BCUT2D eigenvalue weighted by atomic mass is 35.5. The van der Waals surface area contributed by atoms with E-state index < -0.39 is 28.9 Å². The minimum Gasteiger partial charge on any atom is -0.397 e. The molecule has 2 aromatic rings. The maximum absolute atomic E-state index is 14.1. The number of benzene rings is 1. The molecule has 0 bridgehead atoms. The van der Waals surface area contributed by atoms with E-state index in [9.17, 15) is 22.4 Å². The van der Waals surface area contributed by atoms with E-state index in [0.717, 1.165) is 19.2 Å². The number of anilines is 1. The molecule has 0 spiro atoms. The third kappa shape index (κ3) is 2.96. The van der Waals surface area contributed by atoms with Crippen LogP contribution >= 0.6 is 11.6 Å². The zero-order valence-corrected chi connectivity index (χ0v) is 12.7. The average molecular weight is 351 g/mol. The number of aromatic nitrogens is 2. The van der Waals surface area contributed by atoms with Gasteiger partial charge in [-0.05, 0) is 12.1 Å². The van der Waals surface area contributed by atoms with Crippen LogP contribution in [-0.2, 0) is 13.2 Å². The average Bonchev–Trinajstić information content (AvgIpc) is 2.43. The molecule has 0 aliphatic heterocycles. The minimum absolute atomic E-state index is 0.0282. The molecule has 0 amide bonds. The Balaban J connectivity index is 2.94. The van der Waals surface area contributed by atoms with Gasteiger partial charge in [0.15, 0.2) is 0 Å². The zero-order chi connectivity index (χ0) is 17.5. The molecule has 0 radical (unpaired) electrons. The summed E-state index contributed by atoms with van der Waals surface area (Å²) in [5.41, 5.74) is 2.50. The van der Waals surface area contributed by atoms with Crippen LogP contribution in [-0.4, -0.2) is 16.2 Å². The van der Waals surface area contributed by atoms with Gasteiger partial charge in [0.2, 0.25) is 5.62 Å². The topological polar surface area (TPSA) is 65.3 Å². The molecular formula is C13H11ClF4N4O. The third-order valence-electron chi connectivity index (χ3n) is 3.14. The Morgan fingerprint density at radius 3 is 2.39 bits per heavy atom. The van der Waals surface area contributed by atoms with Crippen LogP contribution in [0.3, 0.4) is 0 Å². The summed E-state index contributed by atoms with van der Waals surface area (Å²) in [7, 11) is 2.25. The fourth-order valence-corrected chi connectivity index (χ4v) is 2.26. The Bertz CT molecular complexity index is 899. The lowest BCUT2D eigenvalue weighted by Gasteiger charge is -2.16. The Morgan fingerprint density at radius 2 is 1.87 bits per heavy atom. The van der Waals surface area contributed by atoms with Crippen LogP contribution in [0.1, 0.15) is 5.69 Å². The van der Waals surface area contributed by atoms with E-state index in [1.165, 1.54) is 7.05 Å². The number of hydrogen-bond donors (Lipinski definition) is 1. The quantitative estimate of drug-likeness (QED) is 0.632. The molecule has 0 unspecified atom stereocenters. The van der Waals surface area contributed by atoms with Crippen LogP contribution in [0, 0.1) is 5.82 Å². The second kappa shape index (κ2) is 5.73. The molecule has 0 saturated heterocycles. The molecule has 0 atom stereocenters. The van der Waals surface area contributed by atoms with Gasteiger partial charge in [-0.15, -0.1) is 0 Å². The molecule has 1 aromatic carbocycles. The van der Waals surface area contributed by atoms with Crippen molar-refractivity contribution < 1.29 is 17.6 Å². The standard InChI is InChI=1S/C13H11ClF4N4O/c1-20-12-21(2)10(13(16,17)18)5-11(23)22(12)9-4-8(19)6(14)3-7(9)15/h3-5H,19H2,1-2H3. The van der Waals surface area contributed by atoms with Crippen molar-refractivity contribution in [3.05, 3.63) is 50.7 Å². The van der Waals surface area contributed by atoms with E-state index in [1.54, 1.807) is 0 Å². The molecule has 124 valence electrons. The summed E-state index contributed by atoms with van der Waals surface area (Å²) in [6, 6.07) is 2.29. The Kier molecular flexibility index (Phi) is 4.25. The van der Waals surface area contributed by atoms with Gasteiger partial charge < -0.3 is 10.3 Å². The first-order chi connectivity index (χ1) is 10.6. The molecule has 5 nitrogen and oxygen atoms in total. The first-order valence-electron chi connectivity index (χ1n) is 6.16. The summed E-state index contributed by atoms with van der Waals surface area (Å²) in [5, 5.41) is -0.0782. The number of alkyl halides is 3. The largest absolute Gasteiger partial charge is 0.431 e. The smallest absolute Gasteiger partial charge is 0.397 e. The van der Waals surface area contributed by atoms with Crippen LogP contribution in [0.15, 0.2) is 28.0 Å². The van der Waals surface area contributed by atoms with Crippen molar-refractivity contribution in [2.24, 2.45) is 12.0 Å². The number of nitrogen functional groups attached to an aromatic ring is 1. The Morgan fingerprint density at radius 1 is 1.26 bits per heavy atom. The van der Waals surface area contributed by atoms with Crippen molar-refractivity contribution in [2.45, 2.75) is 6.18 Å². The Labute approximate surface area is 132 Å². The Hall–Kier alpha value is -2.29. The SMILES string of the molecule is CN=c1n(C)c(C(F)(F)F)cc(=O)n1-c1cc(N)c(Cl)cc1F. The van der Waals surface area contributed by atoms with Crippen LogP contribution in [0.2, 0.25) is 5.02 Å². The number of nitrogens with zero attached hydrogens (tertiary/aromatic N) is 3. The van der Waals surface area contributed by atoms with Crippen molar-refractivity contribution in [3.63, 3.8) is 0 Å². The lowest BCUT2D eigenvalue weighted by Crippen LogP contribution is -2.42. The van der Waals surface area contributed by atoms with Gasteiger partial charge >= 0.3 is 6.18 Å². The van der Waals surface area contributed by atoms with E-state index >= 15 is 0 Å². The molecule has 0 fully saturated rings. The maximum atomic E-state index is 14.1. The normalized spacial score (nSPS) is 12.7. The molecule has 2 N–H and O–H groups in total. The number of halogens is 5. The van der Waals surface area contributed by atoms with Crippen LogP contribution in [0.4, 0.5) is 23.2 Å². The number of nitrogens with two attached hydrogens (primary N) is 1. The minimum atomic E-state index is -4.76.